The normalized spacial score (nSPS) is 18.3. The number of amides is 1. The fourth-order valence-corrected chi connectivity index (χ4v) is 3.80. The summed E-state index contributed by atoms with van der Waals surface area (Å²) in [6, 6.07) is 1.71. The summed E-state index contributed by atoms with van der Waals surface area (Å²) < 4.78 is 29.7. The van der Waals surface area contributed by atoms with Crippen LogP contribution in [0.1, 0.15) is 34.1 Å². The van der Waals surface area contributed by atoms with Crippen LogP contribution >= 0.6 is 0 Å². The SMILES string of the molecule is CCN1CC[C@@H]1COc1cnn(C)c1-c1c[n+]2c(cc1F)=NCN(C(=O)OC(C)(C)C)C=2. The molecule has 9 nitrogen and oxygen atoms in total. The summed E-state index contributed by atoms with van der Waals surface area (Å²) >= 11 is 0. The van der Waals surface area contributed by atoms with E-state index in [4.69, 9.17) is 9.47 Å². The van der Waals surface area contributed by atoms with Gasteiger partial charge in [0.1, 0.15) is 23.7 Å². The molecule has 2 aromatic heterocycles. The number of aromatic nitrogens is 3. The molecule has 2 aromatic rings. The number of hydrogen-bond donors (Lipinski definition) is 0. The van der Waals surface area contributed by atoms with Gasteiger partial charge in [-0.05, 0) is 33.7 Å². The Labute approximate surface area is 186 Å². The number of carbonyl (C=O) groups excluding carboxylic acids is 1. The highest BCUT2D eigenvalue weighted by Crippen LogP contribution is 2.31. The Morgan fingerprint density at radius 1 is 1.38 bits per heavy atom. The Hall–Kier alpha value is -3.01. The summed E-state index contributed by atoms with van der Waals surface area (Å²) in [5.41, 5.74) is 0.618. The number of likely N-dealkylation sites (N-methyl/N-ethyl adjacent to an activating group) is 1. The van der Waals surface area contributed by atoms with Crippen molar-refractivity contribution in [3.05, 3.63) is 36.1 Å². The van der Waals surface area contributed by atoms with Gasteiger partial charge in [0.25, 0.3) is 5.49 Å². The van der Waals surface area contributed by atoms with Crippen molar-refractivity contribution in [1.29, 1.82) is 0 Å². The second-order valence-electron chi connectivity index (χ2n) is 9.03. The molecule has 1 amide bonds. The fourth-order valence-electron chi connectivity index (χ4n) is 3.80. The zero-order chi connectivity index (χ0) is 23.0. The smallest absolute Gasteiger partial charge is 0.479 e. The third-order valence-corrected chi connectivity index (χ3v) is 5.59. The number of rotatable bonds is 5. The number of carbonyl (C=O) groups is 1. The fraction of sp³-hybridized carbons (Fsp3) is 0.545. The number of ether oxygens (including phenoxy) is 2. The summed E-state index contributed by atoms with van der Waals surface area (Å²) in [5, 5.41) is 4.27. The Kier molecular flexibility index (Phi) is 5.89. The number of likely N-dealkylation sites (tertiary alicyclic amines) is 1. The molecule has 0 aliphatic carbocycles. The largest absolute Gasteiger partial charge is 0.488 e. The molecule has 0 aromatic carbocycles. The molecule has 0 spiro atoms. The van der Waals surface area contributed by atoms with Crippen LogP contribution in [-0.2, 0) is 11.8 Å². The molecule has 1 atom stereocenters. The number of pyridine rings is 1. The van der Waals surface area contributed by atoms with E-state index in [9.17, 15) is 4.79 Å². The summed E-state index contributed by atoms with van der Waals surface area (Å²) in [7, 11) is 1.74. The molecule has 172 valence electrons. The van der Waals surface area contributed by atoms with E-state index >= 15 is 4.39 Å². The van der Waals surface area contributed by atoms with E-state index < -0.39 is 17.5 Å². The van der Waals surface area contributed by atoms with Crippen LogP contribution in [0.5, 0.6) is 5.75 Å². The first-order chi connectivity index (χ1) is 15.2. The second kappa shape index (κ2) is 8.50. The average Bonchev–Trinajstić information content (AvgIpc) is 3.05. The van der Waals surface area contributed by atoms with E-state index in [1.165, 1.54) is 11.0 Å². The van der Waals surface area contributed by atoms with Crippen LogP contribution in [0, 0.1) is 12.2 Å². The first-order valence-electron chi connectivity index (χ1n) is 10.8. The minimum absolute atomic E-state index is 0.0586. The van der Waals surface area contributed by atoms with Crippen LogP contribution in [-0.4, -0.2) is 63.7 Å². The Bertz CT molecular complexity index is 1140. The lowest BCUT2D eigenvalue weighted by molar-refractivity contribution is -0.541. The van der Waals surface area contributed by atoms with Gasteiger partial charge in [-0.1, -0.05) is 6.92 Å². The molecule has 4 heterocycles. The first-order valence-corrected chi connectivity index (χ1v) is 10.8. The van der Waals surface area contributed by atoms with Crippen LogP contribution in [0.4, 0.5) is 9.18 Å². The standard InChI is InChI=1S/C22H30FN6O3/c1-6-27-8-7-15(27)12-31-18-10-25-26(5)20(18)16-11-28-14-29(21(30)32-22(2,3)4)13-24-19(28)9-17(16)23/h9-11,14-15H,6-8,12-13H2,1-5H3/q+1/t15-/m1/s1. The highest BCUT2D eigenvalue weighted by molar-refractivity contribution is 5.68. The van der Waals surface area contributed by atoms with Gasteiger partial charge in [0.05, 0.1) is 24.0 Å². The van der Waals surface area contributed by atoms with Crippen molar-refractivity contribution in [1.82, 2.24) is 19.6 Å². The van der Waals surface area contributed by atoms with Crippen molar-refractivity contribution in [2.45, 2.75) is 45.8 Å². The van der Waals surface area contributed by atoms with E-state index in [1.54, 1.807) is 55.5 Å². The number of fused-ring (bicyclic) bond motifs is 1. The Morgan fingerprint density at radius 3 is 2.81 bits per heavy atom. The second-order valence-corrected chi connectivity index (χ2v) is 9.03. The van der Waals surface area contributed by atoms with Crippen molar-refractivity contribution in [2.75, 3.05) is 26.4 Å². The summed E-state index contributed by atoms with van der Waals surface area (Å²) in [6.45, 7) is 10.2. The van der Waals surface area contributed by atoms with Gasteiger partial charge >= 0.3 is 6.09 Å². The molecule has 0 radical (unpaired) electrons. The van der Waals surface area contributed by atoms with Crippen molar-refractivity contribution in [2.24, 2.45) is 12.0 Å². The zero-order valence-electron chi connectivity index (χ0n) is 19.2. The average molecular weight is 446 g/mol. The highest BCUT2D eigenvalue weighted by atomic mass is 19.1. The van der Waals surface area contributed by atoms with Crippen molar-refractivity contribution in [3.63, 3.8) is 0 Å². The lowest BCUT2D eigenvalue weighted by Gasteiger charge is -2.39. The molecule has 1 fully saturated rings. The molecular formula is C22H30FN6O3+. The predicted molar refractivity (Wildman–Crippen MR) is 114 cm³/mol. The molecule has 4 rings (SSSR count). The van der Waals surface area contributed by atoms with E-state index in [-0.39, 0.29) is 6.67 Å². The summed E-state index contributed by atoms with van der Waals surface area (Å²) in [4.78, 5) is 20.4. The lowest BCUT2D eigenvalue weighted by atomic mass is 10.0. The molecule has 0 N–H and O–H groups in total. The van der Waals surface area contributed by atoms with Gasteiger partial charge in [0.2, 0.25) is 13.0 Å². The Morgan fingerprint density at radius 2 is 2.16 bits per heavy atom. The van der Waals surface area contributed by atoms with Crippen LogP contribution in [0.25, 0.3) is 11.3 Å². The molecular weight excluding hydrogens is 415 g/mol. The number of aryl methyl sites for hydroxylation is 1. The van der Waals surface area contributed by atoms with E-state index in [0.29, 0.717) is 35.1 Å². The monoisotopic (exact) mass is 445 g/mol. The zero-order valence-corrected chi connectivity index (χ0v) is 19.2. The molecule has 2 aliphatic rings. The third-order valence-electron chi connectivity index (χ3n) is 5.59. The maximum atomic E-state index is 15.1. The summed E-state index contributed by atoms with van der Waals surface area (Å²) in [6.07, 6.45) is 5.33. The van der Waals surface area contributed by atoms with Crippen molar-refractivity contribution >= 4 is 6.09 Å². The maximum absolute atomic E-state index is 15.1. The molecule has 32 heavy (non-hydrogen) atoms. The van der Waals surface area contributed by atoms with E-state index in [1.807, 2.05) is 0 Å². The quantitative estimate of drug-likeness (QED) is 0.656. The van der Waals surface area contributed by atoms with Gasteiger partial charge in [-0.2, -0.15) is 10.00 Å². The topological polar surface area (TPSA) is 78.1 Å². The van der Waals surface area contributed by atoms with Crippen LogP contribution in [0.2, 0.25) is 0 Å². The Balaban J connectivity index is 1.64. The van der Waals surface area contributed by atoms with Crippen molar-refractivity contribution < 1.29 is 22.9 Å². The van der Waals surface area contributed by atoms with Crippen molar-refractivity contribution in [3.8, 4) is 17.0 Å². The molecule has 2 aliphatic heterocycles. The molecule has 10 heteroatoms. The van der Waals surface area contributed by atoms with Crippen LogP contribution in [0.3, 0.4) is 0 Å². The lowest BCUT2D eigenvalue weighted by Crippen LogP contribution is -2.50. The first kappa shape index (κ1) is 22.2. The number of nitrogens with zero attached hydrogens (tertiary/aromatic N) is 6. The number of halogens is 1. The number of hydrogen-bond acceptors (Lipinski definition) is 6. The van der Waals surface area contributed by atoms with E-state index in [0.717, 1.165) is 19.5 Å². The molecule has 0 unspecified atom stereocenters. The van der Waals surface area contributed by atoms with Crippen LogP contribution < -0.4 is 14.5 Å². The van der Waals surface area contributed by atoms with Gasteiger partial charge in [-0.3, -0.25) is 9.58 Å². The summed E-state index contributed by atoms with van der Waals surface area (Å²) in [5.74, 6) is 0.0815. The molecule has 1 saturated heterocycles. The minimum atomic E-state index is -0.626. The maximum Gasteiger partial charge on any atom is 0.479 e. The molecule has 0 saturated carbocycles. The van der Waals surface area contributed by atoms with Gasteiger partial charge in [-0.15, -0.1) is 4.99 Å². The highest BCUT2D eigenvalue weighted by Gasteiger charge is 2.29. The van der Waals surface area contributed by atoms with Gasteiger partial charge < -0.3 is 9.47 Å². The van der Waals surface area contributed by atoms with Crippen LogP contribution in [0.15, 0.2) is 23.5 Å². The van der Waals surface area contributed by atoms with E-state index in [2.05, 4.69) is 21.9 Å². The third kappa shape index (κ3) is 4.45. The predicted octanol–water partition coefficient (Wildman–Crippen LogP) is 1.78. The minimum Gasteiger partial charge on any atom is -0.488 e. The van der Waals surface area contributed by atoms with Gasteiger partial charge in [-0.25, -0.2) is 13.4 Å². The van der Waals surface area contributed by atoms with Gasteiger partial charge in [0.15, 0.2) is 5.75 Å². The van der Waals surface area contributed by atoms with Gasteiger partial charge in [0, 0.05) is 19.6 Å². The molecule has 0 bridgehead atoms.